The molecule has 0 saturated carbocycles. The lowest BCUT2D eigenvalue weighted by Crippen LogP contribution is -2.51. The Morgan fingerprint density at radius 1 is 0.900 bits per heavy atom. The van der Waals surface area contributed by atoms with E-state index in [0.717, 1.165) is 5.56 Å². The average molecular weight is 412 g/mol. The minimum absolute atomic E-state index is 0.156. The number of carbonyl (C=O) groups is 3. The lowest BCUT2D eigenvalue weighted by Gasteiger charge is -2.23. The van der Waals surface area contributed by atoms with Crippen molar-refractivity contribution >= 4 is 17.9 Å². The number of carbonyl (C=O) groups excluding carboxylic acids is 3. The summed E-state index contributed by atoms with van der Waals surface area (Å²) < 4.78 is 4.84. The van der Waals surface area contributed by atoms with Gasteiger partial charge in [-0.1, -0.05) is 74.5 Å². The third kappa shape index (κ3) is 7.24. The minimum atomic E-state index is -0.951. The molecule has 2 aromatic carbocycles. The van der Waals surface area contributed by atoms with Gasteiger partial charge in [-0.25, -0.2) is 9.59 Å². The molecule has 0 saturated heterocycles. The van der Waals surface area contributed by atoms with Crippen LogP contribution >= 0.6 is 0 Å². The Kier molecular flexibility index (Phi) is 8.87. The molecule has 3 N–H and O–H groups in total. The number of hydrogen-bond donors (Lipinski definition) is 3. The molecule has 160 valence electrons. The van der Waals surface area contributed by atoms with Crippen molar-refractivity contribution in [1.82, 2.24) is 16.0 Å². The molecule has 0 aliphatic heterocycles. The van der Waals surface area contributed by atoms with Crippen LogP contribution in [0.3, 0.4) is 0 Å². The molecule has 0 aliphatic carbocycles. The Labute approximate surface area is 177 Å². The van der Waals surface area contributed by atoms with Gasteiger partial charge in [0.25, 0.3) is 0 Å². The number of urea groups is 1. The minimum Gasteiger partial charge on any atom is -0.467 e. The van der Waals surface area contributed by atoms with E-state index in [0.29, 0.717) is 18.5 Å². The SMILES string of the molecule is COC(=O)[C@H](NC(=O)[C@H](CC(C)C)NC(=O)NCc1ccccc1)c1ccccc1. The Balaban J connectivity index is 2.05. The summed E-state index contributed by atoms with van der Waals surface area (Å²) in [5.41, 5.74) is 1.56. The summed E-state index contributed by atoms with van der Waals surface area (Å²) in [7, 11) is 1.27. The van der Waals surface area contributed by atoms with Crippen LogP contribution in [0.1, 0.15) is 37.4 Å². The van der Waals surface area contributed by atoms with E-state index in [-0.39, 0.29) is 5.92 Å². The smallest absolute Gasteiger partial charge is 0.333 e. The van der Waals surface area contributed by atoms with E-state index in [4.69, 9.17) is 4.74 Å². The van der Waals surface area contributed by atoms with Gasteiger partial charge in [0.2, 0.25) is 5.91 Å². The van der Waals surface area contributed by atoms with Crippen LogP contribution in [0.4, 0.5) is 4.79 Å². The summed E-state index contributed by atoms with van der Waals surface area (Å²) in [5, 5.41) is 8.19. The first kappa shape index (κ1) is 22.9. The van der Waals surface area contributed by atoms with Gasteiger partial charge in [-0.05, 0) is 23.5 Å². The second-order valence-corrected chi connectivity index (χ2v) is 7.37. The zero-order valence-corrected chi connectivity index (χ0v) is 17.6. The lowest BCUT2D eigenvalue weighted by atomic mass is 10.0. The Bertz CT molecular complexity index is 825. The Hall–Kier alpha value is -3.35. The average Bonchev–Trinajstić information content (AvgIpc) is 2.76. The molecular formula is C23H29N3O4. The molecule has 2 rings (SSSR count). The highest BCUT2D eigenvalue weighted by atomic mass is 16.5. The Morgan fingerprint density at radius 3 is 2.07 bits per heavy atom. The number of hydrogen-bond acceptors (Lipinski definition) is 4. The standard InChI is InChI=1S/C23H29N3O4/c1-16(2)14-19(25-23(29)24-15-17-10-6-4-7-11-17)21(27)26-20(22(28)30-3)18-12-8-5-9-13-18/h4-13,16,19-20H,14-15H2,1-3H3,(H,26,27)(H2,24,25,29)/t19-,20+/m0/s1. The number of esters is 1. The normalized spacial score (nSPS) is 12.5. The maximum absolute atomic E-state index is 12.9. The molecule has 0 unspecified atom stereocenters. The van der Waals surface area contributed by atoms with E-state index >= 15 is 0 Å². The van der Waals surface area contributed by atoms with Crippen molar-refractivity contribution in [2.24, 2.45) is 5.92 Å². The maximum Gasteiger partial charge on any atom is 0.333 e. The van der Waals surface area contributed by atoms with Crippen LogP contribution in [0.25, 0.3) is 0 Å². The van der Waals surface area contributed by atoms with Crippen molar-refractivity contribution in [3.8, 4) is 0 Å². The maximum atomic E-state index is 12.9. The number of nitrogens with one attached hydrogen (secondary N) is 3. The van der Waals surface area contributed by atoms with Crippen molar-refractivity contribution in [3.05, 3.63) is 71.8 Å². The van der Waals surface area contributed by atoms with Gasteiger partial charge in [-0.3, -0.25) is 4.79 Å². The molecular weight excluding hydrogens is 382 g/mol. The van der Waals surface area contributed by atoms with Crippen molar-refractivity contribution in [3.63, 3.8) is 0 Å². The topological polar surface area (TPSA) is 96.5 Å². The first-order valence-electron chi connectivity index (χ1n) is 9.92. The fourth-order valence-electron chi connectivity index (χ4n) is 2.97. The summed E-state index contributed by atoms with van der Waals surface area (Å²) in [4.78, 5) is 37.5. The lowest BCUT2D eigenvalue weighted by molar-refractivity contribution is -0.145. The van der Waals surface area contributed by atoms with Crippen molar-refractivity contribution in [1.29, 1.82) is 0 Å². The van der Waals surface area contributed by atoms with Gasteiger partial charge in [0.15, 0.2) is 6.04 Å². The molecule has 2 aromatic rings. The van der Waals surface area contributed by atoms with Crippen LogP contribution in [-0.2, 0) is 20.9 Å². The second kappa shape index (κ2) is 11.6. The fourth-order valence-corrected chi connectivity index (χ4v) is 2.97. The van der Waals surface area contributed by atoms with Crippen LogP contribution in [-0.4, -0.2) is 31.1 Å². The molecule has 0 aliphatic rings. The number of rotatable bonds is 9. The molecule has 0 radical (unpaired) electrons. The molecule has 3 amide bonds. The first-order valence-corrected chi connectivity index (χ1v) is 9.92. The highest BCUT2D eigenvalue weighted by molar-refractivity contribution is 5.90. The molecule has 7 heteroatoms. The van der Waals surface area contributed by atoms with Crippen molar-refractivity contribution in [2.75, 3.05) is 7.11 Å². The highest BCUT2D eigenvalue weighted by Crippen LogP contribution is 2.15. The van der Waals surface area contributed by atoms with Crippen LogP contribution in [0.5, 0.6) is 0 Å². The number of ether oxygens (including phenoxy) is 1. The van der Waals surface area contributed by atoms with Gasteiger partial charge in [0.05, 0.1) is 7.11 Å². The molecule has 0 heterocycles. The monoisotopic (exact) mass is 411 g/mol. The fraction of sp³-hybridized carbons (Fsp3) is 0.348. The van der Waals surface area contributed by atoms with Crippen LogP contribution in [0.2, 0.25) is 0 Å². The highest BCUT2D eigenvalue weighted by Gasteiger charge is 2.28. The summed E-state index contributed by atoms with van der Waals surface area (Å²) in [5.74, 6) is -0.868. The van der Waals surface area contributed by atoms with Gasteiger partial charge in [-0.15, -0.1) is 0 Å². The molecule has 2 atom stereocenters. The molecule has 0 fully saturated rings. The van der Waals surface area contributed by atoms with E-state index in [9.17, 15) is 14.4 Å². The van der Waals surface area contributed by atoms with E-state index in [1.54, 1.807) is 24.3 Å². The third-order valence-electron chi connectivity index (χ3n) is 4.48. The quantitative estimate of drug-likeness (QED) is 0.553. The Morgan fingerprint density at radius 2 is 1.50 bits per heavy atom. The zero-order valence-electron chi connectivity index (χ0n) is 17.6. The number of benzene rings is 2. The third-order valence-corrected chi connectivity index (χ3v) is 4.48. The van der Waals surface area contributed by atoms with Crippen LogP contribution in [0, 0.1) is 5.92 Å². The summed E-state index contributed by atoms with van der Waals surface area (Å²) in [6, 6.07) is 16.1. The van der Waals surface area contributed by atoms with Gasteiger partial charge >= 0.3 is 12.0 Å². The van der Waals surface area contributed by atoms with Crippen molar-refractivity contribution < 1.29 is 19.1 Å². The zero-order chi connectivity index (χ0) is 21.9. The largest absolute Gasteiger partial charge is 0.467 e. The summed E-state index contributed by atoms with van der Waals surface area (Å²) in [6.07, 6.45) is 0.424. The molecule has 0 spiro atoms. The van der Waals surface area contributed by atoms with E-state index < -0.39 is 30.0 Å². The van der Waals surface area contributed by atoms with Gasteiger partial charge < -0.3 is 20.7 Å². The predicted molar refractivity (Wildman–Crippen MR) is 114 cm³/mol. The number of methoxy groups -OCH3 is 1. The van der Waals surface area contributed by atoms with Crippen molar-refractivity contribution in [2.45, 2.75) is 38.9 Å². The van der Waals surface area contributed by atoms with Gasteiger partial charge in [-0.2, -0.15) is 0 Å². The second-order valence-electron chi connectivity index (χ2n) is 7.37. The van der Waals surface area contributed by atoms with E-state index in [1.165, 1.54) is 7.11 Å². The van der Waals surface area contributed by atoms with E-state index in [1.807, 2.05) is 50.2 Å². The predicted octanol–water partition coefficient (Wildman–Crippen LogP) is 2.93. The van der Waals surface area contributed by atoms with Gasteiger partial charge in [0, 0.05) is 6.54 Å². The number of amides is 3. The molecule has 0 aromatic heterocycles. The van der Waals surface area contributed by atoms with Crippen LogP contribution < -0.4 is 16.0 Å². The molecule has 0 bridgehead atoms. The molecule has 7 nitrogen and oxygen atoms in total. The molecule has 30 heavy (non-hydrogen) atoms. The summed E-state index contributed by atoms with van der Waals surface area (Å²) in [6.45, 7) is 4.26. The van der Waals surface area contributed by atoms with E-state index in [2.05, 4.69) is 16.0 Å². The van der Waals surface area contributed by atoms with Crippen LogP contribution in [0.15, 0.2) is 60.7 Å². The summed E-state index contributed by atoms with van der Waals surface area (Å²) >= 11 is 0. The van der Waals surface area contributed by atoms with Gasteiger partial charge in [0.1, 0.15) is 6.04 Å². The first-order chi connectivity index (χ1) is 14.4.